The largest absolute Gasteiger partial charge is 0.379 e. The van der Waals surface area contributed by atoms with Crippen LogP contribution in [0, 0.1) is 0 Å². The van der Waals surface area contributed by atoms with Crippen LogP contribution in [0.2, 0.25) is 0 Å². The van der Waals surface area contributed by atoms with E-state index in [-0.39, 0.29) is 0 Å². The molecule has 2 aromatic heterocycles. The Bertz CT molecular complexity index is 559. The van der Waals surface area contributed by atoms with Gasteiger partial charge in [-0.3, -0.25) is 9.80 Å². The molecule has 4 heterocycles. The zero-order chi connectivity index (χ0) is 16.2. The molecule has 2 aromatic rings. The number of anilines is 2. The third-order valence-electron chi connectivity index (χ3n) is 4.30. The van der Waals surface area contributed by atoms with E-state index in [1.54, 1.807) is 22.7 Å². The number of thiazole rings is 2. The van der Waals surface area contributed by atoms with E-state index in [0.29, 0.717) is 0 Å². The molecule has 0 saturated carbocycles. The molecule has 0 amide bonds. The standard InChI is InChI=1S/C15H22N6OS2/c1-9-23-14(16-1)20-11-19(4-3-18-5-7-22-8-6-18)12-21(13-20)15-17-2-10-24-15/h1-2,9-10H,3-8,11-13H2. The van der Waals surface area contributed by atoms with E-state index < -0.39 is 0 Å². The summed E-state index contributed by atoms with van der Waals surface area (Å²) in [6, 6.07) is 0. The van der Waals surface area contributed by atoms with Crippen LogP contribution in [0.15, 0.2) is 23.2 Å². The molecule has 0 aromatic carbocycles. The van der Waals surface area contributed by atoms with E-state index >= 15 is 0 Å². The van der Waals surface area contributed by atoms with E-state index in [1.807, 2.05) is 23.2 Å². The third-order valence-corrected chi connectivity index (χ3v) is 5.96. The van der Waals surface area contributed by atoms with Crippen molar-refractivity contribution in [2.24, 2.45) is 0 Å². The van der Waals surface area contributed by atoms with E-state index in [2.05, 4.69) is 29.6 Å². The summed E-state index contributed by atoms with van der Waals surface area (Å²) >= 11 is 3.39. The Hall–Kier alpha value is -1.26. The molecule has 130 valence electrons. The van der Waals surface area contributed by atoms with E-state index in [0.717, 1.165) is 69.7 Å². The van der Waals surface area contributed by atoms with Gasteiger partial charge in [-0.1, -0.05) is 0 Å². The SMILES string of the molecule is c1csc(N2CN(CCN3CCOCC3)CN(c3nccs3)C2)n1. The summed E-state index contributed by atoms with van der Waals surface area (Å²) in [5.41, 5.74) is 0. The van der Waals surface area contributed by atoms with E-state index in [9.17, 15) is 0 Å². The van der Waals surface area contributed by atoms with Crippen LogP contribution in [0.1, 0.15) is 0 Å². The highest BCUT2D eigenvalue weighted by Gasteiger charge is 2.26. The summed E-state index contributed by atoms with van der Waals surface area (Å²) in [4.78, 5) is 18.6. The fourth-order valence-corrected chi connectivity index (χ4v) is 4.32. The highest BCUT2D eigenvalue weighted by atomic mass is 32.1. The molecule has 24 heavy (non-hydrogen) atoms. The Morgan fingerprint density at radius 2 is 1.42 bits per heavy atom. The monoisotopic (exact) mass is 366 g/mol. The number of hydrogen-bond acceptors (Lipinski definition) is 9. The van der Waals surface area contributed by atoms with Gasteiger partial charge >= 0.3 is 0 Å². The van der Waals surface area contributed by atoms with Crippen LogP contribution in [0.25, 0.3) is 0 Å². The fraction of sp³-hybridized carbons (Fsp3) is 0.600. The summed E-state index contributed by atoms with van der Waals surface area (Å²) in [7, 11) is 0. The van der Waals surface area contributed by atoms with Gasteiger partial charge in [-0.2, -0.15) is 0 Å². The van der Waals surface area contributed by atoms with E-state index in [4.69, 9.17) is 4.74 Å². The molecule has 0 atom stereocenters. The van der Waals surface area contributed by atoms with Gasteiger partial charge in [0.1, 0.15) is 0 Å². The molecule has 7 nitrogen and oxygen atoms in total. The molecule has 4 rings (SSSR count). The van der Waals surface area contributed by atoms with Gasteiger partial charge in [0.25, 0.3) is 0 Å². The lowest BCUT2D eigenvalue weighted by molar-refractivity contribution is 0.0327. The quantitative estimate of drug-likeness (QED) is 0.793. The Morgan fingerprint density at radius 1 is 0.833 bits per heavy atom. The number of morpholine rings is 1. The van der Waals surface area contributed by atoms with Crippen LogP contribution in [0.3, 0.4) is 0 Å². The average molecular weight is 367 g/mol. The Balaban J connectivity index is 1.42. The van der Waals surface area contributed by atoms with Crippen LogP contribution in [-0.4, -0.2) is 79.2 Å². The van der Waals surface area contributed by atoms with Crippen molar-refractivity contribution >= 4 is 32.9 Å². The van der Waals surface area contributed by atoms with Gasteiger partial charge in [0.05, 0.1) is 33.2 Å². The Morgan fingerprint density at radius 3 is 1.96 bits per heavy atom. The topological polar surface area (TPSA) is 48.0 Å². The number of nitrogens with zero attached hydrogens (tertiary/aromatic N) is 6. The van der Waals surface area contributed by atoms with Gasteiger partial charge in [-0.15, -0.1) is 22.7 Å². The lowest BCUT2D eigenvalue weighted by Gasteiger charge is -2.42. The van der Waals surface area contributed by atoms with Crippen LogP contribution in [-0.2, 0) is 4.74 Å². The maximum atomic E-state index is 5.44. The summed E-state index contributed by atoms with van der Waals surface area (Å²) < 4.78 is 5.44. The van der Waals surface area contributed by atoms with Crippen molar-refractivity contribution in [3.8, 4) is 0 Å². The van der Waals surface area contributed by atoms with Gasteiger partial charge in [-0.25, -0.2) is 9.97 Å². The molecule has 9 heteroatoms. The second-order valence-electron chi connectivity index (χ2n) is 5.98. The lowest BCUT2D eigenvalue weighted by Crippen LogP contribution is -2.56. The van der Waals surface area contributed by atoms with Gasteiger partial charge < -0.3 is 14.5 Å². The van der Waals surface area contributed by atoms with Gasteiger partial charge in [0, 0.05) is 49.3 Å². The van der Waals surface area contributed by atoms with Crippen molar-refractivity contribution in [2.75, 3.05) is 69.2 Å². The first kappa shape index (κ1) is 16.2. The van der Waals surface area contributed by atoms with Crippen molar-refractivity contribution in [3.63, 3.8) is 0 Å². The second-order valence-corrected chi connectivity index (χ2v) is 7.73. The Kier molecular flexibility index (Phi) is 5.24. The summed E-state index contributed by atoms with van der Waals surface area (Å²) in [5.74, 6) is 0. The molecule has 2 saturated heterocycles. The minimum Gasteiger partial charge on any atom is -0.379 e. The maximum absolute atomic E-state index is 5.44. The zero-order valence-electron chi connectivity index (χ0n) is 13.6. The van der Waals surface area contributed by atoms with Crippen LogP contribution >= 0.6 is 22.7 Å². The van der Waals surface area contributed by atoms with Crippen molar-refractivity contribution in [2.45, 2.75) is 0 Å². The molecule has 0 radical (unpaired) electrons. The molecule has 0 N–H and O–H groups in total. The van der Waals surface area contributed by atoms with Gasteiger partial charge in [-0.05, 0) is 0 Å². The zero-order valence-corrected chi connectivity index (χ0v) is 15.2. The Labute approximate surface area is 150 Å². The first-order valence-electron chi connectivity index (χ1n) is 8.20. The predicted octanol–water partition coefficient (Wildman–Crippen LogP) is 1.43. The average Bonchev–Trinajstić information content (AvgIpc) is 3.34. The normalized spacial score (nSPS) is 20.7. The third kappa shape index (κ3) is 3.86. The number of hydrogen-bond donors (Lipinski definition) is 0. The molecule has 0 spiro atoms. The van der Waals surface area contributed by atoms with Gasteiger partial charge in [0.2, 0.25) is 0 Å². The summed E-state index contributed by atoms with van der Waals surface area (Å²) in [6.07, 6.45) is 3.75. The van der Waals surface area contributed by atoms with E-state index in [1.165, 1.54) is 0 Å². The van der Waals surface area contributed by atoms with Gasteiger partial charge in [0.15, 0.2) is 10.3 Å². The second kappa shape index (κ2) is 7.75. The minimum absolute atomic E-state index is 0.842. The molecule has 2 fully saturated rings. The first-order chi connectivity index (χ1) is 11.9. The molecule has 2 aliphatic rings. The lowest BCUT2D eigenvalue weighted by atomic mass is 10.4. The fourth-order valence-electron chi connectivity index (χ4n) is 3.06. The smallest absolute Gasteiger partial charge is 0.187 e. The van der Waals surface area contributed by atoms with Crippen molar-refractivity contribution < 1.29 is 4.74 Å². The molecular formula is C15H22N6OS2. The molecule has 0 aliphatic carbocycles. The summed E-state index contributed by atoms with van der Waals surface area (Å²) in [6.45, 7) is 8.60. The molecule has 0 bridgehead atoms. The summed E-state index contributed by atoms with van der Waals surface area (Å²) in [5, 5.41) is 6.23. The predicted molar refractivity (Wildman–Crippen MR) is 97.8 cm³/mol. The molecule has 2 aliphatic heterocycles. The van der Waals surface area contributed by atoms with Crippen molar-refractivity contribution in [1.29, 1.82) is 0 Å². The van der Waals surface area contributed by atoms with Crippen LogP contribution < -0.4 is 9.80 Å². The first-order valence-corrected chi connectivity index (χ1v) is 9.96. The van der Waals surface area contributed by atoms with Crippen molar-refractivity contribution in [1.82, 2.24) is 19.8 Å². The van der Waals surface area contributed by atoms with Crippen LogP contribution in [0.4, 0.5) is 10.3 Å². The number of aromatic nitrogens is 2. The number of ether oxygens (including phenoxy) is 1. The highest BCUT2D eigenvalue weighted by molar-refractivity contribution is 7.14. The minimum atomic E-state index is 0.842. The highest BCUT2D eigenvalue weighted by Crippen LogP contribution is 2.25. The van der Waals surface area contributed by atoms with Crippen LogP contribution in [0.5, 0.6) is 0 Å². The number of rotatable bonds is 5. The molecular weight excluding hydrogens is 344 g/mol. The van der Waals surface area contributed by atoms with Crippen molar-refractivity contribution in [3.05, 3.63) is 23.2 Å². The maximum Gasteiger partial charge on any atom is 0.187 e. The molecule has 0 unspecified atom stereocenters.